The van der Waals surface area contributed by atoms with Gasteiger partial charge in [0.2, 0.25) is 5.13 Å². The van der Waals surface area contributed by atoms with Gasteiger partial charge in [-0.1, -0.05) is 11.3 Å². The smallest absolute Gasteiger partial charge is 0.205 e. The van der Waals surface area contributed by atoms with Crippen LogP contribution >= 0.6 is 23.1 Å². The summed E-state index contributed by atoms with van der Waals surface area (Å²) in [6.07, 6.45) is 0. The molecule has 1 saturated heterocycles. The molecule has 0 radical (unpaired) electrons. The molecular formula is C10H18N4S2. The van der Waals surface area contributed by atoms with E-state index in [9.17, 15) is 0 Å². The summed E-state index contributed by atoms with van der Waals surface area (Å²) in [4.78, 5) is 2.49. The average Bonchev–Trinajstić information content (AvgIpc) is 2.70. The second-order valence-corrected chi connectivity index (χ2v) is 6.14. The van der Waals surface area contributed by atoms with Gasteiger partial charge in [-0.2, -0.15) is 11.8 Å². The Balaban J connectivity index is 1.91. The van der Waals surface area contributed by atoms with Crippen LogP contribution in [0.5, 0.6) is 0 Å². The van der Waals surface area contributed by atoms with Gasteiger partial charge in [-0.3, -0.25) is 4.90 Å². The molecule has 1 fully saturated rings. The van der Waals surface area contributed by atoms with E-state index in [2.05, 4.69) is 34.3 Å². The van der Waals surface area contributed by atoms with Crippen LogP contribution in [0.1, 0.15) is 18.9 Å². The summed E-state index contributed by atoms with van der Waals surface area (Å²) in [7, 11) is 0. The Bertz CT molecular complexity index is 328. The van der Waals surface area contributed by atoms with Gasteiger partial charge >= 0.3 is 0 Å². The van der Waals surface area contributed by atoms with Gasteiger partial charge in [0.05, 0.1) is 6.54 Å². The molecule has 2 heterocycles. The lowest BCUT2D eigenvalue weighted by atomic mass is 10.3. The van der Waals surface area contributed by atoms with Gasteiger partial charge in [0, 0.05) is 30.6 Å². The number of anilines is 1. The molecule has 0 bridgehead atoms. The highest BCUT2D eigenvalue weighted by molar-refractivity contribution is 7.99. The van der Waals surface area contributed by atoms with E-state index in [1.54, 1.807) is 11.3 Å². The Labute approximate surface area is 105 Å². The fourth-order valence-corrected chi connectivity index (χ4v) is 3.63. The third kappa shape index (κ3) is 3.09. The van der Waals surface area contributed by atoms with Gasteiger partial charge < -0.3 is 5.32 Å². The molecule has 1 aromatic rings. The topological polar surface area (TPSA) is 41.1 Å². The van der Waals surface area contributed by atoms with Crippen molar-refractivity contribution in [2.24, 2.45) is 0 Å². The lowest BCUT2D eigenvalue weighted by Crippen LogP contribution is -2.39. The zero-order valence-corrected chi connectivity index (χ0v) is 11.4. The van der Waals surface area contributed by atoms with Crippen molar-refractivity contribution in [2.75, 3.05) is 29.9 Å². The molecule has 1 aliphatic rings. The predicted molar refractivity (Wildman–Crippen MR) is 71.3 cm³/mol. The van der Waals surface area contributed by atoms with Crippen molar-refractivity contribution in [3.8, 4) is 0 Å². The van der Waals surface area contributed by atoms with Gasteiger partial charge in [0.15, 0.2) is 0 Å². The van der Waals surface area contributed by atoms with Crippen molar-refractivity contribution in [2.45, 2.75) is 26.4 Å². The summed E-state index contributed by atoms with van der Waals surface area (Å²) in [5.74, 6) is 2.47. The van der Waals surface area contributed by atoms with E-state index in [4.69, 9.17) is 0 Å². The molecule has 1 aromatic heterocycles. The minimum atomic E-state index is 0.658. The van der Waals surface area contributed by atoms with Crippen LogP contribution in [0.4, 0.5) is 5.13 Å². The van der Waals surface area contributed by atoms with Crippen molar-refractivity contribution in [1.82, 2.24) is 15.1 Å². The Kier molecular flexibility index (Phi) is 4.43. The number of nitrogens with zero attached hydrogens (tertiary/aromatic N) is 3. The fourth-order valence-electron chi connectivity index (χ4n) is 1.71. The Hall–Kier alpha value is -0.330. The quantitative estimate of drug-likeness (QED) is 0.893. The molecule has 4 nitrogen and oxygen atoms in total. The summed E-state index contributed by atoms with van der Waals surface area (Å²) in [6.45, 7) is 7.39. The van der Waals surface area contributed by atoms with Crippen LogP contribution in [0.25, 0.3) is 0 Å². The van der Waals surface area contributed by atoms with Gasteiger partial charge in [-0.05, 0) is 13.8 Å². The second kappa shape index (κ2) is 5.84. The first-order valence-corrected chi connectivity index (χ1v) is 7.64. The lowest BCUT2D eigenvalue weighted by molar-refractivity contribution is 0.223. The van der Waals surface area contributed by atoms with E-state index in [1.807, 2.05) is 11.8 Å². The SMILES string of the molecule is CCNc1nnc(CN2CCSCC2C)s1. The van der Waals surface area contributed by atoms with Crippen molar-refractivity contribution < 1.29 is 0 Å². The van der Waals surface area contributed by atoms with E-state index in [-0.39, 0.29) is 0 Å². The summed E-state index contributed by atoms with van der Waals surface area (Å²) in [6, 6.07) is 0.658. The normalized spacial score (nSPS) is 22.2. The molecule has 1 aliphatic heterocycles. The molecule has 1 N–H and O–H groups in total. The van der Waals surface area contributed by atoms with Crippen LogP contribution in [0.15, 0.2) is 0 Å². The van der Waals surface area contributed by atoms with Crippen molar-refractivity contribution >= 4 is 28.2 Å². The molecule has 1 atom stereocenters. The third-order valence-corrected chi connectivity index (χ3v) is 4.69. The van der Waals surface area contributed by atoms with Crippen LogP contribution < -0.4 is 5.32 Å². The number of hydrogen-bond donors (Lipinski definition) is 1. The summed E-state index contributed by atoms with van der Waals surface area (Å²) >= 11 is 3.72. The van der Waals surface area contributed by atoms with E-state index in [0.717, 1.165) is 23.2 Å². The van der Waals surface area contributed by atoms with Gasteiger partial charge in [0.25, 0.3) is 0 Å². The van der Waals surface area contributed by atoms with Crippen LogP contribution in [0, 0.1) is 0 Å². The van der Waals surface area contributed by atoms with E-state index < -0.39 is 0 Å². The maximum Gasteiger partial charge on any atom is 0.205 e. The molecule has 0 aliphatic carbocycles. The Morgan fingerprint density at radius 3 is 3.12 bits per heavy atom. The number of aromatic nitrogens is 2. The standard InChI is InChI=1S/C10H18N4S2/c1-3-11-10-13-12-9(16-10)6-14-4-5-15-7-8(14)2/h8H,3-7H2,1-2H3,(H,11,13). The minimum Gasteiger partial charge on any atom is -0.360 e. The molecule has 0 amide bonds. The first kappa shape index (κ1) is 12.1. The number of rotatable bonds is 4. The molecule has 90 valence electrons. The minimum absolute atomic E-state index is 0.658. The molecule has 0 spiro atoms. The Morgan fingerprint density at radius 1 is 1.50 bits per heavy atom. The first-order chi connectivity index (χ1) is 7.79. The van der Waals surface area contributed by atoms with Gasteiger partial charge in [-0.15, -0.1) is 10.2 Å². The largest absolute Gasteiger partial charge is 0.360 e. The van der Waals surface area contributed by atoms with Crippen LogP contribution in [-0.4, -0.2) is 45.7 Å². The van der Waals surface area contributed by atoms with E-state index in [1.165, 1.54) is 18.1 Å². The molecule has 0 saturated carbocycles. The van der Waals surface area contributed by atoms with Gasteiger partial charge in [0.1, 0.15) is 5.01 Å². The van der Waals surface area contributed by atoms with Gasteiger partial charge in [-0.25, -0.2) is 0 Å². The molecule has 1 unspecified atom stereocenters. The highest BCUT2D eigenvalue weighted by Gasteiger charge is 2.19. The maximum absolute atomic E-state index is 4.22. The molecule has 2 rings (SSSR count). The summed E-state index contributed by atoms with van der Waals surface area (Å²) in [5, 5.41) is 13.6. The van der Waals surface area contributed by atoms with E-state index in [0.29, 0.717) is 6.04 Å². The summed E-state index contributed by atoms with van der Waals surface area (Å²) < 4.78 is 0. The average molecular weight is 258 g/mol. The molecule has 16 heavy (non-hydrogen) atoms. The lowest BCUT2D eigenvalue weighted by Gasteiger charge is -2.31. The first-order valence-electron chi connectivity index (χ1n) is 5.67. The van der Waals surface area contributed by atoms with Crippen LogP contribution in [-0.2, 0) is 6.54 Å². The zero-order chi connectivity index (χ0) is 11.4. The fraction of sp³-hybridized carbons (Fsp3) is 0.800. The summed E-state index contributed by atoms with van der Waals surface area (Å²) in [5.41, 5.74) is 0. The van der Waals surface area contributed by atoms with Crippen molar-refractivity contribution in [3.63, 3.8) is 0 Å². The predicted octanol–water partition coefficient (Wildman–Crippen LogP) is 1.91. The van der Waals surface area contributed by atoms with Crippen LogP contribution in [0.3, 0.4) is 0 Å². The monoisotopic (exact) mass is 258 g/mol. The zero-order valence-electron chi connectivity index (χ0n) is 9.77. The number of thioether (sulfide) groups is 1. The number of nitrogens with one attached hydrogen (secondary N) is 1. The Morgan fingerprint density at radius 2 is 2.38 bits per heavy atom. The highest BCUT2D eigenvalue weighted by atomic mass is 32.2. The highest BCUT2D eigenvalue weighted by Crippen LogP contribution is 2.21. The number of hydrogen-bond acceptors (Lipinski definition) is 6. The maximum atomic E-state index is 4.22. The van der Waals surface area contributed by atoms with Crippen molar-refractivity contribution in [1.29, 1.82) is 0 Å². The van der Waals surface area contributed by atoms with E-state index >= 15 is 0 Å². The molecule has 6 heteroatoms. The van der Waals surface area contributed by atoms with Crippen LogP contribution in [0.2, 0.25) is 0 Å². The molecule has 0 aromatic carbocycles. The third-order valence-electron chi connectivity index (χ3n) is 2.64. The van der Waals surface area contributed by atoms with Crippen molar-refractivity contribution in [3.05, 3.63) is 5.01 Å². The molecular weight excluding hydrogens is 240 g/mol. The second-order valence-electron chi connectivity index (χ2n) is 3.93.